The molecule has 7 nitrogen and oxygen atoms in total. The van der Waals surface area contributed by atoms with E-state index < -0.39 is 12.0 Å². The molecule has 3 aromatic rings. The normalized spacial score (nSPS) is 15.5. The highest BCUT2D eigenvalue weighted by Gasteiger charge is 2.35. The van der Waals surface area contributed by atoms with Crippen molar-refractivity contribution in [2.24, 2.45) is 4.99 Å². The number of halogens is 1. The Labute approximate surface area is 217 Å². The van der Waals surface area contributed by atoms with Gasteiger partial charge in [-0.05, 0) is 58.0 Å². The van der Waals surface area contributed by atoms with Crippen molar-refractivity contribution >= 4 is 35.0 Å². The van der Waals surface area contributed by atoms with Crippen LogP contribution in [0.15, 0.2) is 63.5 Å². The van der Waals surface area contributed by atoms with Gasteiger partial charge in [-0.1, -0.05) is 41.1 Å². The highest BCUT2D eigenvalue weighted by Crippen LogP contribution is 2.35. The molecule has 36 heavy (non-hydrogen) atoms. The van der Waals surface area contributed by atoms with Crippen molar-refractivity contribution in [2.75, 3.05) is 13.7 Å². The van der Waals surface area contributed by atoms with E-state index in [1.807, 2.05) is 32.0 Å². The summed E-state index contributed by atoms with van der Waals surface area (Å²) in [6.45, 7) is 7.55. The third kappa shape index (κ3) is 4.96. The molecule has 1 aromatic heterocycles. The average molecular weight is 527 g/mol. The molecule has 9 heteroatoms. The number of para-hydroxylation sites is 1. The minimum Gasteiger partial charge on any atom is -0.496 e. The fourth-order valence-electron chi connectivity index (χ4n) is 4.11. The number of aromatic nitrogens is 1. The minimum absolute atomic E-state index is 0.0557. The standard InChI is InChI=1S/C27H27ClN2O5S/c1-6-34-26(32)23-16(4)29-27-30(24(23)19-9-7-8-10-21(19)33-5)25(31)22(36-27)14-17-13-18(28)11-12-20(17)35-15(2)3/h7-15,24H,6H2,1-5H3/b22-14+/t24-/m1/s1. The van der Waals surface area contributed by atoms with E-state index in [0.717, 1.165) is 0 Å². The fourth-order valence-corrected chi connectivity index (χ4v) is 5.33. The highest BCUT2D eigenvalue weighted by molar-refractivity contribution is 7.07. The van der Waals surface area contributed by atoms with Crippen LogP contribution in [0, 0.1) is 0 Å². The van der Waals surface area contributed by atoms with E-state index in [2.05, 4.69) is 4.99 Å². The molecule has 0 aliphatic carbocycles. The van der Waals surface area contributed by atoms with Gasteiger partial charge in [0.25, 0.3) is 5.56 Å². The van der Waals surface area contributed by atoms with Gasteiger partial charge in [-0.25, -0.2) is 9.79 Å². The molecule has 0 fully saturated rings. The molecule has 2 heterocycles. The van der Waals surface area contributed by atoms with E-state index in [1.54, 1.807) is 51.3 Å². The molecule has 0 saturated heterocycles. The van der Waals surface area contributed by atoms with Crippen molar-refractivity contribution in [3.05, 3.63) is 89.6 Å². The van der Waals surface area contributed by atoms with E-state index in [9.17, 15) is 9.59 Å². The van der Waals surface area contributed by atoms with Crippen molar-refractivity contribution in [1.82, 2.24) is 4.57 Å². The number of hydrogen-bond acceptors (Lipinski definition) is 7. The second kappa shape index (κ2) is 10.7. The summed E-state index contributed by atoms with van der Waals surface area (Å²) in [6, 6.07) is 11.8. The van der Waals surface area contributed by atoms with E-state index >= 15 is 0 Å². The molecule has 0 bridgehead atoms. The number of fused-ring (bicyclic) bond motifs is 1. The molecule has 4 rings (SSSR count). The Morgan fingerprint density at radius 2 is 1.97 bits per heavy atom. The molecule has 0 saturated carbocycles. The second-order valence-electron chi connectivity index (χ2n) is 8.39. The van der Waals surface area contributed by atoms with Gasteiger partial charge >= 0.3 is 5.97 Å². The Morgan fingerprint density at radius 3 is 2.67 bits per heavy atom. The van der Waals surface area contributed by atoms with Gasteiger partial charge in [-0.3, -0.25) is 9.36 Å². The van der Waals surface area contributed by atoms with Crippen LogP contribution >= 0.6 is 22.9 Å². The number of thiazole rings is 1. The molecule has 0 N–H and O–H groups in total. The van der Waals surface area contributed by atoms with Crippen molar-refractivity contribution < 1.29 is 19.0 Å². The molecule has 0 unspecified atom stereocenters. The summed E-state index contributed by atoms with van der Waals surface area (Å²) in [7, 11) is 1.55. The summed E-state index contributed by atoms with van der Waals surface area (Å²) < 4.78 is 18.8. The van der Waals surface area contributed by atoms with Crippen LogP contribution in [0.2, 0.25) is 5.02 Å². The third-order valence-electron chi connectivity index (χ3n) is 5.57. The second-order valence-corrected chi connectivity index (χ2v) is 9.84. The van der Waals surface area contributed by atoms with Gasteiger partial charge in [0.05, 0.1) is 35.6 Å². The van der Waals surface area contributed by atoms with Crippen molar-refractivity contribution in [2.45, 2.75) is 39.8 Å². The van der Waals surface area contributed by atoms with E-state index in [1.165, 1.54) is 15.9 Å². The van der Waals surface area contributed by atoms with Gasteiger partial charge < -0.3 is 14.2 Å². The SMILES string of the molecule is CCOC(=O)C1=C(C)N=c2s/c(=C/c3cc(Cl)ccc3OC(C)C)c(=O)n2[C@@H]1c1ccccc1OC. The smallest absolute Gasteiger partial charge is 0.338 e. The quantitative estimate of drug-likeness (QED) is 0.430. The maximum Gasteiger partial charge on any atom is 0.338 e. The van der Waals surface area contributed by atoms with E-state index in [-0.39, 0.29) is 18.3 Å². The zero-order chi connectivity index (χ0) is 26.0. The Bertz CT molecular complexity index is 1520. The highest BCUT2D eigenvalue weighted by atomic mass is 35.5. The molecule has 0 spiro atoms. The van der Waals surface area contributed by atoms with E-state index in [4.69, 9.17) is 25.8 Å². The van der Waals surface area contributed by atoms with E-state index in [0.29, 0.717) is 48.3 Å². The summed E-state index contributed by atoms with van der Waals surface area (Å²) in [4.78, 5) is 32.0. The Morgan fingerprint density at radius 1 is 1.22 bits per heavy atom. The number of carbonyl (C=O) groups is 1. The lowest BCUT2D eigenvalue weighted by Crippen LogP contribution is -2.40. The largest absolute Gasteiger partial charge is 0.496 e. The first-order valence-electron chi connectivity index (χ1n) is 11.5. The lowest BCUT2D eigenvalue weighted by atomic mass is 9.95. The predicted octanol–water partition coefficient (Wildman–Crippen LogP) is 4.25. The van der Waals surface area contributed by atoms with Gasteiger partial charge in [0.1, 0.15) is 17.5 Å². The average Bonchev–Trinajstić information content (AvgIpc) is 3.14. The van der Waals surface area contributed by atoms with Crippen LogP contribution in [-0.2, 0) is 9.53 Å². The Kier molecular flexibility index (Phi) is 7.66. The van der Waals surface area contributed by atoms with Gasteiger partial charge in [0.15, 0.2) is 4.80 Å². The van der Waals surface area contributed by atoms with Crippen LogP contribution in [0.25, 0.3) is 6.08 Å². The number of nitrogens with zero attached hydrogens (tertiary/aromatic N) is 2. The van der Waals surface area contributed by atoms with Gasteiger partial charge in [-0.2, -0.15) is 0 Å². The van der Waals surface area contributed by atoms with Crippen LogP contribution < -0.4 is 24.4 Å². The summed E-state index contributed by atoms with van der Waals surface area (Å²) in [5.74, 6) is 0.646. The maximum atomic E-state index is 13.8. The molecule has 1 aliphatic rings. The monoisotopic (exact) mass is 526 g/mol. The number of rotatable bonds is 7. The van der Waals surface area contributed by atoms with Crippen molar-refractivity contribution in [3.63, 3.8) is 0 Å². The number of methoxy groups -OCH3 is 1. The van der Waals surface area contributed by atoms with Gasteiger partial charge in [0.2, 0.25) is 0 Å². The fraction of sp³-hybridized carbons (Fsp3) is 0.296. The van der Waals surface area contributed by atoms with Crippen LogP contribution in [0.5, 0.6) is 11.5 Å². The summed E-state index contributed by atoms with van der Waals surface area (Å²) in [5.41, 5.74) is 1.84. The molecule has 2 aromatic carbocycles. The zero-order valence-electron chi connectivity index (χ0n) is 20.7. The molecule has 1 atom stereocenters. The molecule has 188 valence electrons. The van der Waals surface area contributed by atoms with Crippen LogP contribution in [0.4, 0.5) is 0 Å². The molecular weight excluding hydrogens is 500 g/mol. The molecular formula is C27H27ClN2O5S. The maximum absolute atomic E-state index is 13.8. The van der Waals surface area contributed by atoms with Gasteiger partial charge in [-0.15, -0.1) is 0 Å². The minimum atomic E-state index is -0.760. The number of carbonyl (C=O) groups excluding carboxylic acids is 1. The van der Waals surface area contributed by atoms with Crippen LogP contribution in [0.3, 0.4) is 0 Å². The summed E-state index contributed by atoms with van der Waals surface area (Å²) >= 11 is 7.49. The topological polar surface area (TPSA) is 79.1 Å². The predicted molar refractivity (Wildman–Crippen MR) is 141 cm³/mol. The first-order valence-corrected chi connectivity index (χ1v) is 12.7. The molecule has 1 aliphatic heterocycles. The number of allylic oxidation sites excluding steroid dienone is 1. The Balaban J connectivity index is 1.98. The number of esters is 1. The van der Waals surface area contributed by atoms with Crippen molar-refractivity contribution in [1.29, 1.82) is 0 Å². The lowest BCUT2D eigenvalue weighted by molar-refractivity contribution is -0.139. The van der Waals surface area contributed by atoms with Crippen molar-refractivity contribution in [3.8, 4) is 11.5 Å². The van der Waals surface area contributed by atoms with Crippen LogP contribution in [0.1, 0.15) is 44.9 Å². The van der Waals surface area contributed by atoms with Gasteiger partial charge in [0, 0.05) is 16.1 Å². The first kappa shape index (κ1) is 25.7. The summed E-state index contributed by atoms with van der Waals surface area (Å²) in [6.07, 6.45) is 1.69. The first-order chi connectivity index (χ1) is 17.2. The Hall–Kier alpha value is -3.36. The molecule has 0 amide bonds. The number of benzene rings is 2. The summed E-state index contributed by atoms with van der Waals surface area (Å²) in [5, 5.41) is 0.525. The molecule has 0 radical (unpaired) electrons. The number of hydrogen-bond donors (Lipinski definition) is 0. The zero-order valence-corrected chi connectivity index (χ0v) is 22.3. The third-order valence-corrected chi connectivity index (χ3v) is 6.79. The lowest BCUT2D eigenvalue weighted by Gasteiger charge is -2.25. The number of ether oxygens (including phenoxy) is 3. The van der Waals surface area contributed by atoms with Crippen LogP contribution in [-0.4, -0.2) is 30.4 Å².